The van der Waals surface area contributed by atoms with Crippen LogP contribution in [0.25, 0.3) is 10.6 Å². The minimum Gasteiger partial charge on any atom is -0.483 e. The lowest BCUT2D eigenvalue weighted by atomic mass is 10.2. The van der Waals surface area contributed by atoms with Crippen molar-refractivity contribution in [2.45, 2.75) is 20.3 Å². The fourth-order valence-electron chi connectivity index (χ4n) is 2.27. The number of hydrogen-bond acceptors (Lipinski definition) is 5. The molecule has 3 rings (SSSR count). The maximum absolute atomic E-state index is 12.1. The topological polar surface area (TPSA) is 64.1 Å². The van der Waals surface area contributed by atoms with Crippen molar-refractivity contribution in [2.75, 3.05) is 11.9 Å². The first-order valence-electron chi connectivity index (χ1n) is 8.16. The number of hydrogen-bond donors (Lipinski definition) is 1. The number of aryl methyl sites for hydroxylation is 2. The maximum Gasteiger partial charge on any atom is 0.264 e. The Morgan fingerprint density at radius 3 is 2.65 bits per heavy atom. The van der Waals surface area contributed by atoms with Crippen molar-refractivity contribution in [1.82, 2.24) is 10.2 Å². The van der Waals surface area contributed by atoms with E-state index >= 15 is 0 Å². The minimum absolute atomic E-state index is 0.0937. The third-order valence-corrected chi connectivity index (χ3v) is 5.24. The number of amides is 1. The molecule has 26 heavy (non-hydrogen) atoms. The van der Waals surface area contributed by atoms with Crippen molar-refractivity contribution in [2.24, 2.45) is 0 Å². The van der Waals surface area contributed by atoms with E-state index in [0.29, 0.717) is 10.9 Å². The quantitative estimate of drug-likeness (QED) is 0.605. The van der Waals surface area contributed by atoms with Crippen LogP contribution in [-0.4, -0.2) is 22.7 Å². The molecule has 5 nitrogen and oxygen atoms in total. The predicted octanol–water partition coefficient (Wildman–Crippen LogP) is 4.86. The summed E-state index contributed by atoms with van der Waals surface area (Å²) in [5.74, 6) is 0.359. The Morgan fingerprint density at radius 2 is 1.96 bits per heavy atom. The molecule has 1 aromatic heterocycles. The molecule has 0 spiro atoms. The smallest absolute Gasteiger partial charge is 0.264 e. The zero-order valence-corrected chi connectivity index (χ0v) is 16.9. The number of aromatic nitrogens is 2. The molecule has 0 bridgehead atoms. The van der Waals surface area contributed by atoms with E-state index in [9.17, 15) is 4.79 Å². The summed E-state index contributed by atoms with van der Waals surface area (Å²) in [5.41, 5.74) is 3.36. The van der Waals surface area contributed by atoms with Gasteiger partial charge in [-0.3, -0.25) is 10.1 Å². The maximum atomic E-state index is 12.1. The van der Waals surface area contributed by atoms with Crippen LogP contribution in [0.2, 0.25) is 0 Å². The Morgan fingerprint density at radius 1 is 1.19 bits per heavy atom. The average Bonchev–Trinajstić information content (AvgIpc) is 3.09. The number of nitrogens with zero attached hydrogens (tertiary/aromatic N) is 2. The minimum atomic E-state index is -0.275. The van der Waals surface area contributed by atoms with Gasteiger partial charge in [0.15, 0.2) is 6.61 Å². The Hall–Kier alpha value is -2.25. The van der Waals surface area contributed by atoms with Gasteiger partial charge in [0.25, 0.3) is 5.91 Å². The molecular formula is C19H18BrN3O2S. The molecule has 0 aliphatic carbocycles. The van der Waals surface area contributed by atoms with Gasteiger partial charge in [0.2, 0.25) is 5.13 Å². The Bertz CT molecular complexity index is 909. The number of benzene rings is 2. The standard InChI is InChI=1S/C19H18BrN3O2S/c1-3-13-6-9-16(15(20)10-13)25-11-17(24)21-19-23-22-18(26-19)14-7-4-12(2)5-8-14/h4-10H,3,11H2,1-2H3,(H,21,23,24). The third-order valence-electron chi connectivity index (χ3n) is 3.73. The van der Waals surface area contributed by atoms with Crippen LogP contribution in [0.1, 0.15) is 18.1 Å². The van der Waals surface area contributed by atoms with Crippen LogP contribution in [0, 0.1) is 6.92 Å². The Labute approximate surface area is 164 Å². The predicted molar refractivity (Wildman–Crippen MR) is 108 cm³/mol. The molecule has 1 heterocycles. The van der Waals surface area contributed by atoms with Gasteiger partial charge in [-0.1, -0.05) is 54.2 Å². The lowest BCUT2D eigenvalue weighted by Gasteiger charge is -2.08. The van der Waals surface area contributed by atoms with Crippen molar-refractivity contribution >= 4 is 38.3 Å². The van der Waals surface area contributed by atoms with Crippen LogP contribution in [0.5, 0.6) is 5.75 Å². The molecule has 7 heteroatoms. The number of ether oxygens (including phenoxy) is 1. The molecule has 0 atom stereocenters. The molecule has 0 radical (unpaired) electrons. The molecule has 0 saturated carbocycles. The second-order valence-electron chi connectivity index (χ2n) is 5.73. The summed E-state index contributed by atoms with van der Waals surface area (Å²) in [6.45, 7) is 4.02. The largest absolute Gasteiger partial charge is 0.483 e. The van der Waals surface area contributed by atoms with Gasteiger partial charge in [-0.15, -0.1) is 10.2 Å². The van der Waals surface area contributed by atoms with Gasteiger partial charge in [-0.2, -0.15) is 0 Å². The molecule has 0 aliphatic rings. The molecule has 2 aromatic carbocycles. The van der Waals surface area contributed by atoms with Crippen LogP contribution in [0.15, 0.2) is 46.9 Å². The summed E-state index contributed by atoms with van der Waals surface area (Å²) >= 11 is 4.79. The SMILES string of the molecule is CCc1ccc(OCC(=O)Nc2nnc(-c3ccc(C)cc3)s2)c(Br)c1. The molecule has 0 unspecified atom stereocenters. The number of carbonyl (C=O) groups is 1. The fourth-order valence-corrected chi connectivity index (χ4v) is 3.57. The van der Waals surface area contributed by atoms with Crippen LogP contribution < -0.4 is 10.1 Å². The van der Waals surface area contributed by atoms with E-state index in [1.165, 1.54) is 22.5 Å². The van der Waals surface area contributed by atoms with Crippen molar-refractivity contribution in [1.29, 1.82) is 0 Å². The van der Waals surface area contributed by atoms with E-state index < -0.39 is 0 Å². The van der Waals surface area contributed by atoms with Crippen LogP contribution in [-0.2, 0) is 11.2 Å². The summed E-state index contributed by atoms with van der Waals surface area (Å²) in [7, 11) is 0. The van der Waals surface area contributed by atoms with E-state index in [2.05, 4.69) is 38.4 Å². The average molecular weight is 432 g/mol. The molecule has 1 amide bonds. The third kappa shape index (κ3) is 4.68. The summed E-state index contributed by atoms with van der Waals surface area (Å²) in [4.78, 5) is 12.1. The molecule has 3 aromatic rings. The summed E-state index contributed by atoms with van der Waals surface area (Å²) in [5, 5.41) is 12.1. The second-order valence-corrected chi connectivity index (χ2v) is 7.57. The fraction of sp³-hybridized carbons (Fsp3) is 0.211. The van der Waals surface area contributed by atoms with Crippen LogP contribution >= 0.6 is 27.3 Å². The second kappa shape index (κ2) is 8.42. The molecule has 0 saturated heterocycles. The normalized spacial score (nSPS) is 10.6. The van der Waals surface area contributed by atoms with Gasteiger partial charge in [0.05, 0.1) is 4.47 Å². The van der Waals surface area contributed by atoms with E-state index in [4.69, 9.17) is 4.74 Å². The van der Waals surface area contributed by atoms with Crippen LogP contribution in [0.3, 0.4) is 0 Å². The van der Waals surface area contributed by atoms with Gasteiger partial charge in [-0.05, 0) is 47.0 Å². The van der Waals surface area contributed by atoms with E-state index in [0.717, 1.165) is 21.5 Å². The number of carbonyl (C=O) groups excluding carboxylic acids is 1. The van der Waals surface area contributed by atoms with Gasteiger partial charge in [0.1, 0.15) is 10.8 Å². The summed E-state index contributed by atoms with van der Waals surface area (Å²) in [6, 6.07) is 13.8. The zero-order chi connectivity index (χ0) is 18.5. The highest BCUT2D eigenvalue weighted by molar-refractivity contribution is 9.10. The van der Waals surface area contributed by atoms with Gasteiger partial charge in [0, 0.05) is 5.56 Å². The van der Waals surface area contributed by atoms with Gasteiger partial charge in [-0.25, -0.2) is 0 Å². The molecule has 134 valence electrons. The highest BCUT2D eigenvalue weighted by Crippen LogP contribution is 2.27. The highest BCUT2D eigenvalue weighted by atomic mass is 79.9. The lowest BCUT2D eigenvalue weighted by molar-refractivity contribution is -0.118. The van der Waals surface area contributed by atoms with Gasteiger partial charge < -0.3 is 4.74 Å². The van der Waals surface area contributed by atoms with Gasteiger partial charge >= 0.3 is 0 Å². The van der Waals surface area contributed by atoms with E-state index in [1.54, 1.807) is 0 Å². The number of halogens is 1. The summed E-state index contributed by atoms with van der Waals surface area (Å²) < 4.78 is 6.41. The molecule has 0 aliphatic heterocycles. The summed E-state index contributed by atoms with van der Waals surface area (Å²) in [6.07, 6.45) is 0.944. The molecule has 0 fully saturated rings. The van der Waals surface area contributed by atoms with Crippen molar-refractivity contribution in [3.63, 3.8) is 0 Å². The molecule has 1 N–H and O–H groups in total. The van der Waals surface area contributed by atoms with Crippen LogP contribution in [0.4, 0.5) is 5.13 Å². The lowest BCUT2D eigenvalue weighted by Crippen LogP contribution is -2.20. The number of anilines is 1. The zero-order valence-electron chi connectivity index (χ0n) is 14.5. The highest BCUT2D eigenvalue weighted by Gasteiger charge is 2.11. The van der Waals surface area contributed by atoms with Crippen molar-refractivity contribution in [3.8, 4) is 16.3 Å². The number of rotatable bonds is 6. The number of nitrogens with one attached hydrogen (secondary N) is 1. The first-order chi connectivity index (χ1) is 12.5. The van der Waals surface area contributed by atoms with E-state index in [1.807, 2.05) is 49.4 Å². The first-order valence-corrected chi connectivity index (χ1v) is 9.77. The Balaban J connectivity index is 1.58. The molecular weight excluding hydrogens is 414 g/mol. The monoisotopic (exact) mass is 431 g/mol. The van der Waals surface area contributed by atoms with Crippen molar-refractivity contribution in [3.05, 3.63) is 58.1 Å². The Kier molecular flexibility index (Phi) is 6.00. The first kappa shape index (κ1) is 18.5. The van der Waals surface area contributed by atoms with Crippen molar-refractivity contribution < 1.29 is 9.53 Å². The van der Waals surface area contributed by atoms with E-state index in [-0.39, 0.29) is 12.5 Å².